The molecule has 0 aliphatic carbocycles. The summed E-state index contributed by atoms with van der Waals surface area (Å²) in [5.74, 6) is -2.59. The van der Waals surface area contributed by atoms with Crippen LogP contribution in [0.25, 0.3) is 0 Å². The fourth-order valence-corrected chi connectivity index (χ4v) is 1.65. The van der Waals surface area contributed by atoms with Crippen molar-refractivity contribution in [2.75, 3.05) is 0 Å². The summed E-state index contributed by atoms with van der Waals surface area (Å²) in [4.78, 5) is 26.4. The number of rotatable bonds is 4. The lowest BCUT2D eigenvalue weighted by molar-refractivity contribution is -0.140. The SMILES string of the molecule is CCC(C(=O)O)C(=O)c1ncccc1Br. The zero-order chi connectivity index (χ0) is 11.4. The van der Waals surface area contributed by atoms with Gasteiger partial charge in [0.2, 0.25) is 0 Å². The minimum atomic E-state index is -1.11. The van der Waals surface area contributed by atoms with Crippen molar-refractivity contribution in [2.45, 2.75) is 13.3 Å². The number of pyridine rings is 1. The number of hydrogen-bond acceptors (Lipinski definition) is 3. The fraction of sp³-hybridized carbons (Fsp3) is 0.300. The highest BCUT2D eigenvalue weighted by Crippen LogP contribution is 2.18. The maximum absolute atomic E-state index is 11.8. The summed E-state index contributed by atoms with van der Waals surface area (Å²) in [6.45, 7) is 1.66. The predicted molar refractivity (Wildman–Crippen MR) is 57.7 cm³/mol. The molecule has 4 nitrogen and oxygen atoms in total. The molecule has 1 atom stereocenters. The minimum absolute atomic E-state index is 0.173. The lowest BCUT2D eigenvalue weighted by atomic mass is 9.99. The highest BCUT2D eigenvalue weighted by atomic mass is 79.9. The van der Waals surface area contributed by atoms with Gasteiger partial charge in [0.15, 0.2) is 5.78 Å². The molecule has 0 amide bonds. The van der Waals surface area contributed by atoms with E-state index >= 15 is 0 Å². The fourth-order valence-electron chi connectivity index (χ4n) is 1.20. The van der Waals surface area contributed by atoms with E-state index in [4.69, 9.17) is 5.11 Å². The van der Waals surface area contributed by atoms with Crippen LogP contribution in [0.15, 0.2) is 22.8 Å². The Morgan fingerprint density at radius 2 is 2.27 bits per heavy atom. The topological polar surface area (TPSA) is 67.3 Å². The van der Waals surface area contributed by atoms with Crippen molar-refractivity contribution in [3.63, 3.8) is 0 Å². The number of nitrogens with zero attached hydrogens (tertiary/aromatic N) is 1. The van der Waals surface area contributed by atoms with Crippen molar-refractivity contribution in [3.8, 4) is 0 Å². The Bertz CT molecular complexity index is 392. The van der Waals surface area contributed by atoms with Crippen molar-refractivity contribution in [1.29, 1.82) is 0 Å². The smallest absolute Gasteiger partial charge is 0.314 e. The second kappa shape index (κ2) is 5.02. The van der Waals surface area contributed by atoms with E-state index in [2.05, 4.69) is 20.9 Å². The number of carboxylic acids is 1. The second-order valence-corrected chi connectivity index (χ2v) is 3.85. The molecular formula is C10H10BrNO3. The summed E-state index contributed by atoms with van der Waals surface area (Å²) in [6.07, 6.45) is 1.73. The number of halogens is 1. The maximum Gasteiger partial charge on any atom is 0.314 e. The van der Waals surface area contributed by atoms with Crippen LogP contribution in [-0.4, -0.2) is 21.8 Å². The Morgan fingerprint density at radius 1 is 1.60 bits per heavy atom. The van der Waals surface area contributed by atoms with Gasteiger partial charge in [0.1, 0.15) is 11.6 Å². The van der Waals surface area contributed by atoms with Crippen LogP contribution in [0.3, 0.4) is 0 Å². The van der Waals surface area contributed by atoms with Gasteiger partial charge in [-0.25, -0.2) is 0 Å². The minimum Gasteiger partial charge on any atom is -0.481 e. The molecular weight excluding hydrogens is 262 g/mol. The van der Waals surface area contributed by atoms with Gasteiger partial charge in [0.05, 0.1) is 0 Å². The van der Waals surface area contributed by atoms with E-state index in [9.17, 15) is 9.59 Å². The first-order valence-electron chi connectivity index (χ1n) is 4.45. The van der Waals surface area contributed by atoms with Gasteiger partial charge in [-0.05, 0) is 34.5 Å². The summed E-state index contributed by atoms with van der Waals surface area (Å²) >= 11 is 3.17. The summed E-state index contributed by atoms with van der Waals surface area (Å²) in [6, 6.07) is 3.33. The quantitative estimate of drug-likeness (QED) is 0.673. The first-order chi connectivity index (χ1) is 7.07. The standard InChI is InChI=1S/C10H10BrNO3/c1-2-6(10(14)15)9(13)8-7(11)4-3-5-12-8/h3-6H,2H2,1H3,(H,14,15). The Balaban J connectivity index is 3.03. The summed E-state index contributed by atoms with van der Waals surface area (Å²) in [5, 5.41) is 8.83. The van der Waals surface area contributed by atoms with Gasteiger partial charge in [-0.1, -0.05) is 6.92 Å². The first-order valence-corrected chi connectivity index (χ1v) is 5.24. The molecule has 1 aromatic rings. The van der Waals surface area contributed by atoms with Gasteiger partial charge in [0, 0.05) is 10.7 Å². The molecule has 0 fully saturated rings. The Morgan fingerprint density at radius 3 is 2.73 bits per heavy atom. The molecule has 0 aliphatic rings. The van der Waals surface area contributed by atoms with Crippen LogP contribution in [0.1, 0.15) is 23.8 Å². The highest BCUT2D eigenvalue weighted by Gasteiger charge is 2.27. The highest BCUT2D eigenvalue weighted by molar-refractivity contribution is 9.10. The van der Waals surface area contributed by atoms with Gasteiger partial charge in [-0.15, -0.1) is 0 Å². The largest absolute Gasteiger partial charge is 0.481 e. The Hall–Kier alpha value is -1.23. The third-order valence-corrected chi connectivity index (χ3v) is 2.65. The number of carbonyl (C=O) groups excluding carboxylic acids is 1. The molecule has 0 radical (unpaired) electrons. The Kier molecular flexibility index (Phi) is 3.96. The zero-order valence-electron chi connectivity index (χ0n) is 8.11. The lowest BCUT2D eigenvalue weighted by Crippen LogP contribution is -2.24. The van der Waals surface area contributed by atoms with Crippen molar-refractivity contribution in [1.82, 2.24) is 4.98 Å². The van der Waals surface area contributed by atoms with E-state index < -0.39 is 17.7 Å². The first kappa shape index (κ1) is 11.8. The molecule has 0 aromatic carbocycles. The average Bonchev–Trinajstić information content (AvgIpc) is 2.18. The summed E-state index contributed by atoms with van der Waals surface area (Å²) in [5.41, 5.74) is 0.173. The maximum atomic E-state index is 11.8. The number of carboxylic acid groups (broad SMARTS) is 1. The van der Waals surface area contributed by atoms with Crippen LogP contribution >= 0.6 is 15.9 Å². The molecule has 0 aliphatic heterocycles. The molecule has 0 saturated heterocycles. The van der Waals surface area contributed by atoms with Crippen LogP contribution in [0.4, 0.5) is 0 Å². The average molecular weight is 272 g/mol. The van der Waals surface area contributed by atoms with Crippen molar-refractivity contribution >= 4 is 27.7 Å². The van der Waals surface area contributed by atoms with Crippen LogP contribution in [0.5, 0.6) is 0 Å². The van der Waals surface area contributed by atoms with Gasteiger partial charge >= 0.3 is 5.97 Å². The molecule has 15 heavy (non-hydrogen) atoms. The number of aliphatic carboxylic acids is 1. The van der Waals surface area contributed by atoms with E-state index in [1.165, 1.54) is 6.20 Å². The molecule has 0 spiro atoms. The van der Waals surface area contributed by atoms with Gasteiger partial charge < -0.3 is 5.11 Å². The molecule has 0 bridgehead atoms. The molecule has 1 aromatic heterocycles. The van der Waals surface area contributed by atoms with E-state index in [0.29, 0.717) is 4.47 Å². The lowest BCUT2D eigenvalue weighted by Gasteiger charge is -2.08. The second-order valence-electron chi connectivity index (χ2n) is 3.00. The van der Waals surface area contributed by atoms with Crippen molar-refractivity contribution in [3.05, 3.63) is 28.5 Å². The van der Waals surface area contributed by atoms with E-state index in [1.54, 1.807) is 19.1 Å². The van der Waals surface area contributed by atoms with Gasteiger partial charge in [-0.2, -0.15) is 0 Å². The molecule has 1 N–H and O–H groups in total. The number of Topliss-reactive ketones (excluding diaryl/α,β-unsaturated/α-hetero) is 1. The number of aromatic nitrogens is 1. The molecule has 1 unspecified atom stereocenters. The third kappa shape index (κ3) is 2.62. The summed E-state index contributed by atoms with van der Waals surface area (Å²) in [7, 11) is 0. The third-order valence-electron chi connectivity index (χ3n) is 2.01. The van der Waals surface area contributed by atoms with Crippen LogP contribution < -0.4 is 0 Å². The molecule has 1 rings (SSSR count). The molecule has 0 saturated carbocycles. The number of ketones is 1. The molecule has 80 valence electrons. The Labute approximate surface area is 95.5 Å². The normalized spacial score (nSPS) is 12.1. The number of carbonyl (C=O) groups is 2. The zero-order valence-corrected chi connectivity index (χ0v) is 9.69. The molecule has 1 heterocycles. The van der Waals surface area contributed by atoms with E-state index in [0.717, 1.165) is 0 Å². The van der Waals surface area contributed by atoms with Crippen LogP contribution in [-0.2, 0) is 4.79 Å². The van der Waals surface area contributed by atoms with E-state index in [-0.39, 0.29) is 12.1 Å². The predicted octanol–water partition coefficient (Wildman–Crippen LogP) is 2.14. The monoisotopic (exact) mass is 271 g/mol. The van der Waals surface area contributed by atoms with Gasteiger partial charge in [0.25, 0.3) is 0 Å². The van der Waals surface area contributed by atoms with Crippen LogP contribution in [0.2, 0.25) is 0 Å². The molecule has 5 heteroatoms. The van der Waals surface area contributed by atoms with Crippen LogP contribution in [0, 0.1) is 5.92 Å². The van der Waals surface area contributed by atoms with E-state index in [1.807, 2.05) is 0 Å². The summed E-state index contributed by atoms with van der Waals surface area (Å²) < 4.78 is 0.523. The van der Waals surface area contributed by atoms with Crippen molar-refractivity contribution in [2.24, 2.45) is 5.92 Å². The van der Waals surface area contributed by atoms with Crippen molar-refractivity contribution < 1.29 is 14.7 Å². The number of hydrogen-bond donors (Lipinski definition) is 1. The van der Waals surface area contributed by atoms with Gasteiger partial charge in [-0.3, -0.25) is 14.6 Å².